The summed E-state index contributed by atoms with van der Waals surface area (Å²) in [6.45, 7) is 5.10. The van der Waals surface area contributed by atoms with E-state index in [4.69, 9.17) is 15.2 Å². The van der Waals surface area contributed by atoms with Crippen molar-refractivity contribution in [2.75, 3.05) is 24.3 Å². The molecule has 2 rings (SSSR count). The lowest BCUT2D eigenvalue weighted by molar-refractivity contribution is 0.332. The van der Waals surface area contributed by atoms with Crippen LogP contribution in [0.3, 0.4) is 0 Å². The molecule has 1 aromatic heterocycles. The lowest BCUT2D eigenvalue weighted by Crippen LogP contribution is -2.01. The van der Waals surface area contributed by atoms with E-state index in [0.29, 0.717) is 18.9 Å². The number of hydrogen-bond donors (Lipinski definition) is 2. The Morgan fingerprint density at radius 3 is 2.60 bits per heavy atom. The van der Waals surface area contributed by atoms with Gasteiger partial charge in [-0.25, -0.2) is 0 Å². The molecule has 0 bridgehead atoms. The Balaban J connectivity index is 2.32. The maximum Gasteiger partial charge on any atom is 0.142 e. The highest BCUT2D eigenvalue weighted by atomic mass is 16.5. The highest BCUT2D eigenvalue weighted by Crippen LogP contribution is 2.33. The number of nitrogens with zero attached hydrogens (tertiary/aromatic N) is 1. The summed E-state index contributed by atoms with van der Waals surface area (Å²) in [5.74, 6) is 1.54. The van der Waals surface area contributed by atoms with Crippen LogP contribution in [0.2, 0.25) is 0 Å². The molecule has 0 unspecified atom stereocenters. The van der Waals surface area contributed by atoms with Gasteiger partial charge in [-0.05, 0) is 32.0 Å². The van der Waals surface area contributed by atoms with E-state index in [9.17, 15) is 0 Å². The van der Waals surface area contributed by atoms with Gasteiger partial charge in [-0.3, -0.25) is 4.98 Å². The van der Waals surface area contributed by atoms with E-state index < -0.39 is 0 Å². The minimum atomic E-state index is 0.580. The highest BCUT2D eigenvalue weighted by Gasteiger charge is 2.08. The fourth-order valence-electron chi connectivity index (χ4n) is 1.81. The third kappa shape index (κ3) is 3.32. The van der Waals surface area contributed by atoms with Gasteiger partial charge in [0.1, 0.15) is 11.5 Å². The van der Waals surface area contributed by atoms with Crippen molar-refractivity contribution in [1.82, 2.24) is 4.98 Å². The average molecular weight is 273 g/mol. The van der Waals surface area contributed by atoms with E-state index in [-0.39, 0.29) is 0 Å². The molecule has 106 valence electrons. The quantitative estimate of drug-likeness (QED) is 0.845. The lowest BCUT2D eigenvalue weighted by Gasteiger charge is -2.15. The van der Waals surface area contributed by atoms with Gasteiger partial charge in [-0.15, -0.1) is 0 Å². The fourth-order valence-corrected chi connectivity index (χ4v) is 1.81. The first-order chi connectivity index (χ1) is 9.74. The monoisotopic (exact) mass is 273 g/mol. The molecule has 5 heteroatoms. The first kappa shape index (κ1) is 14.0. The zero-order valence-electron chi connectivity index (χ0n) is 11.7. The maximum atomic E-state index is 5.89. The molecule has 2 aromatic rings. The molecule has 1 aromatic carbocycles. The summed E-state index contributed by atoms with van der Waals surface area (Å²) in [6, 6.07) is 7.48. The molecule has 0 atom stereocenters. The lowest BCUT2D eigenvalue weighted by atomic mass is 10.2. The number of nitrogen functional groups attached to an aromatic ring is 1. The number of nitrogens with one attached hydrogen (secondary N) is 1. The van der Waals surface area contributed by atoms with E-state index in [1.165, 1.54) is 0 Å². The molecule has 0 amide bonds. The van der Waals surface area contributed by atoms with Crippen LogP contribution >= 0.6 is 0 Å². The van der Waals surface area contributed by atoms with Crippen LogP contribution in [0.25, 0.3) is 0 Å². The van der Waals surface area contributed by atoms with Gasteiger partial charge in [0, 0.05) is 12.3 Å². The van der Waals surface area contributed by atoms with Crippen LogP contribution in [0.15, 0.2) is 36.7 Å². The summed E-state index contributed by atoms with van der Waals surface area (Å²) in [5, 5.41) is 3.25. The van der Waals surface area contributed by atoms with Crippen molar-refractivity contribution >= 4 is 17.1 Å². The second kappa shape index (κ2) is 6.65. The normalized spacial score (nSPS) is 10.1. The van der Waals surface area contributed by atoms with Crippen LogP contribution in [-0.2, 0) is 0 Å². The molecule has 0 saturated heterocycles. The molecule has 0 saturated carbocycles. The zero-order chi connectivity index (χ0) is 14.4. The average Bonchev–Trinajstić information content (AvgIpc) is 2.45. The predicted molar refractivity (Wildman–Crippen MR) is 80.7 cm³/mol. The Morgan fingerprint density at radius 1 is 1.10 bits per heavy atom. The third-order valence-corrected chi connectivity index (χ3v) is 2.68. The molecule has 3 N–H and O–H groups in total. The Hall–Kier alpha value is -2.43. The number of hydrogen-bond acceptors (Lipinski definition) is 5. The van der Waals surface area contributed by atoms with Gasteiger partial charge in [-0.2, -0.15) is 0 Å². The van der Waals surface area contributed by atoms with Crippen molar-refractivity contribution < 1.29 is 9.47 Å². The predicted octanol–water partition coefficient (Wildman–Crippen LogP) is 3.20. The van der Waals surface area contributed by atoms with Gasteiger partial charge < -0.3 is 20.5 Å². The van der Waals surface area contributed by atoms with Crippen molar-refractivity contribution in [3.8, 4) is 11.5 Å². The molecule has 0 aliphatic rings. The number of anilines is 3. The molecular formula is C15H19N3O2. The Kier molecular flexibility index (Phi) is 4.65. The molecule has 0 aliphatic carbocycles. The summed E-state index contributed by atoms with van der Waals surface area (Å²) in [5.41, 5.74) is 8.07. The van der Waals surface area contributed by atoms with Gasteiger partial charge >= 0.3 is 0 Å². The maximum absolute atomic E-state index is 5.89. The Labute approximate surface area is 118 Å². The molecule has 0 radical (unpaired) electrons. The summed E-state index contributed by atoms with van der Waals surface area (Å²) in [4.78, 5) is 3.97. The number of nitrogens with two attached hydrogens (primary N) is 1. The van der Waals surface area contributed by atoms with Crippen molar-refractivity contribution in [2.24, 2.45) is 0 Å². The summed E-state index contributed by atoms with van der Waals surface area (Å²) in [7, 11) is 0. The molecule has 0 aliphatic heterocycles. The zero-order valence-corrected chi connectivity index (χ0v) is 11.7. The minimum Gasteiger partial charge on any atom is -0.494 e. The summed E-state index contributed by atoms with van der Waals surface area (Å²) >= 11 is 0. The standard InChI is InChI=1S/C15H19N3O2/c1-3-19-11-5-6-15(20-4-2)14(9-11)18-13-7-8-17-10-12(13)16/h5-10H,3-4,16H2,1-2H3,(H,17,18). The Morgan fingerprint density at radius 2 is 1.90 bits per heavy atom. The number of pyridine rings is 1. The Bertz CT molecular complexity index is 573. The SMILES string of the molecule is CCOc1ccc(OCC)c(Nc2ccncc2N)c1. The van der Waals surface area contributed by atoms with Crippen molar-refractivity contribution in [3.05, 3.63) is 36.7 Å². The second-order valence-electron chi connectivity index (χ2n) is 4.11. The molecule has 5 nitrogen and oxygen atoms in total. The summed E-state index contributed by atoms with van der Waals surface area (Å²) in [6.07, 6.45) is 3.29. The van der Waals surface area contributed by atoms with E-state index in [2.05, 4.69) is 10.3 Å². The first-order valence-electron chi connectivity index (χ1n) is 6.60. The molecule has 0 spiro atoms. The van der Waals surface area contributed by atoms with Crippen molar-refractivity contribution in [2.45, 2.75) is 13.8 Å². The number of aromatic nitrogens is 1. The van der Waals surface area contributed by atoms with Crippen LogP contribution in [0.1, 0.15) is 13.8 Å². The topological polar surface area (TPSA) is 69.4 Å². The molecule has 0 fully saturated rings. The van der Waals surface area contributed by atoms with Gasteiger partial charge in [-0.1, -0.05) is 0 Å². The fraction of sp³-hybridized carbons (Fsp3) is 0.267. The number of rotatable bonds is 6. The van der Waals surface area contributed by atoms with Gasteiger partial charge in [0.2, 0.25) is 0 Å². The van der Waals surface area contributed by atoms with E-state index >= 15 is 0 Å². The number of benzene rings is 1. The van der Waals surface area contributed by atoms with Gasteiger partial charge in [0.15, 0.2) is 0 Å². The second-order valence-corrected chi connectivity index (χ2v) is 4.11. The van der Waals surface area contributed by atoms with Crippen molar-refractivity contribution in [3.63, 3.8) is 0 Å². The van der Waals surface area contributed by atoms with Gasteiger partial charge in [0.05, 0.1) is 36.5 Å². The van der Waals surface area contributed by atoms with Crippen molar-refractivity contribution in [1.29, 1.82) is 0 Å². The van der Waals surface area contributed by atoms with E-state index in [1.807, 2.05) is 38.1 Å². The van der Waals surface area contributed by atoms with Crippen LogP contribution in [0.5, 0.6) is 11.5 Å². The minimum absolute atomic E-state index is 0.580. The smallest absolute Gasteiger partial charge is 0.142 e. The van der Waals surface area contributed by atoms with Crippen LogP contribution in [-0.4, -0.2) is 18.2 Å². The summed E-state index contributed by atoms with van der Waals surface area (Å²) < 4.78 is 11.1. The molecule has 1 heterocycles. The van der Waals surface area contributed by atoms with Crippen LogP contribution in [0.4, 0.5) is 17.1 Å². The van der Waals surface area contributed by atoms with Gasteiger partial charge in [0.25, 0.3) is 0 Å². The van der Waals surface area contributed by atoms with E-state index in [0.717, 1.165) is 22.9 Å². The van der Waals surface area contributed by atoms with E-state index in [1.54, 1.807) is 12.4 Å². The highest BCUT2D eigenvalue weighted by molar-refractivity contribution is 5.75. The van der Waals surface area contributed by atoms with Crippen LogP contribution in [0, 0.1) is 0 Å². The molecule has 20 heavy (non-hydrogen) atoms. The van der Waals surface area contributed by atoms with Crippen LogP contribution < -0.4 is 20.5 Å². The first-order valence-corrected chi connectivity index (χ1v) is 6.60. The molecular weight excluding hydrogens is 254 g/mol. The number of ether oxygens (including phenoxy) is 2. The third-order valence-electron chi connectivity index (χ3n) is 2.68. The largest absolute Gasteiger partial charge is 0.494 e.